The number of hydrogen-bond donors (Lipinski definition) is 0. The van der Waals surface area contributed by atoms with Gasteiger partial charge in [-0.05, 0) is 24.6 Å². The number of ether oxygens (including phenoxy) is 1. The molecule has 2 aromatic rings. The summed E-state index contributed by atoms with van der Waals surface area (Å²) >= 11 is 0. The number of morpholine rings is 1. The van der Waals surface area contributed by atoms with Crippen molar-refractivity contribution in [2.24, 2.45) is 0 Å². The summed E-state index contributed by atoms with van der Waals surface area (Å²) in [5.74, 6) is 1.04. The lowest BCUT2D eigenvalue weighted by Crippen LogP contribution is -2.37. The van der Waals surface area contributed by atoms with E-state index in [1.807, 2.05) is 0 Å². The summed E-state index contributed by atoms with van der Waals surface area (Å²) in [4.78, 5) is 2.42. The predicted octanol–water partition coefficient (Wildman–Crippen LogP) is 0.912. The third kappa shape index (κ3) is 2.37. The van der Waals surface area contributed by atoms with Crippen molar-refractivity contribution in [2.45, 2.75) is 13.3 Å². The van der Waals surface area contributed by atoms with Gasteiger partial charge in [-0.25, -0.2) is 0 Å². The van der Waals surface area contributed by atoms with Crippen molar-refractivity contribution in [3.63, 3.8) is 0 Å². The highest BCUT2D eigenvalue weighted by atomic mass is 16.5. The summed E-state index contributed by atoms with van der Waals surface area (Å²) in [7, 11) is 0. The second-order valence-electron chi connectivity index (χ2n) is 4.75. The number of rotatable bonds is 3. The molecule has 1 saturated heterocycles. The number of hydrogen-bond acceptors (Lipinski definition) is 4. The number of pyridine rings is 1. The summed E-state index contributed by atoms with van der Waals surface area (Å²) in [5, 5.41) is 8.49. The topological polar surface area (TPSA) is 42.7 Å². The van der Waals surface area contributed by atoms with Crippen LogP contribution in [0.1, 0.15) is 11.4 Å². The molecule has 0 bridgehead atoms. The smallest absolute Gasteiger partial charge is 0.161 e. The molecule has 1 aliphatic heterocycles. The molecular weight excluding hydrogens is 228 g/mol. The molecule has 3 rings (SSSR count). The van der Waals surface area contributed by atoms with Gasteiger partial charge in [0.15, 0.2) is 5.65 Å². The molecule has 0 unspecified atom stereocenters. The summed E-state index contributed by atoms with van der Waals surface area (Å²) in [5.41, 5.74) is 2.15. The monoisotopic (exact) mass is 246 g/mol. The lowest BCUT2D eigenvalue weighted by molar-refractivity contribution is 0.0382. The fraction of sp³-hybridized carbons (Fsp3) is 0.538. The summed E-state index contributed by atoms with van der Waals surface area (Å²) < 4.78 is 7.42. The molecule has 3 heterocycles. The summed E-state index contributed by atoms with van der Waals surface area (Å²) in [6, 6.07) is 4.15. The molecule has 0 aromatic carbocycles. The van der Waals surface area contributed by atoms with Crippen molar-refractivity contribution in [1.29, 1.82) is 0 Å². The van der Waals surface area contributed by atoms with E-state index in [1.165, 1.54) is 5.56 Å². The molecule has 0 N–H and O–H groups in total. The number of aryl methyl sites for hydroxylation is 1. The molecule has 96 valence electrons. The molecule has 5 heteroatoms. The van der Waals surface area contributed by atoms with Gasteiger partial charge in [-0.2, -0.15) is 0 Å². The van der Waals surface area contributed by atoms with Gasteiger partial charge in [-0.15, -0.1) is 10.2 Å². The maximum atomic E-state index is 5.35. The van der Waals surface area contributed by atoms with Crippen LogP contribution in [-0.4, -0.2) is 52.3 Å². The van der Waals surface area contributed by atoms with Gasteiger partial charge in [0.05, 0.1) is 13.2 Å². The third-order valence-electron chi connectivity index (χ3n) is 3.39. The molecule has 0 amide bonds. The Morgan fingerprint density at radius 1 is 1.28 bits per heavy atom. The van der Waals surface area contributed by atoms with Gasteiger partial charge in [-0.1, -0.05) is 0 Å². The maximum Gasteiger partial charge on any atom is 0.161 e. The fourth-order valence-corrected chi connectivity index (χ4v) is 2.30. The Kier molecular flexibility index (Phi) is 3.25. The van der Waals surface area contributed by atoms with E-state index in [9.17, 15) is 0 Å². The van der Waals surface area contributed by atoms with Crippen LogP contribution in [0.5, 0.6) is 0 Å². The van der Waals surface area contributed by atoms with Gasteiger partial charge in [0, 0.05) is 32.3 Å². The minimum absolute atomic E-state index is 0.847. The van der Waals surface area contributed by atoms with E-state index in [0.29, 0.717) is 0 Å². The van der Waals surface area contributed by atoms with Crippen LogP contribution in [0, 0.1) is 6.92 Å². The molecule has 0 aliphatic carbocycles. The Bertz CT molecular complexity index is 531. The van der Waals surface area contributed by atoms with Crippen molar-refractivity contribution >= 4 is 5.65 Å². The van der Waals surface area contributed by atoms with E-state index in [1.54, 1.807) is 0 Å². The molecule has 0 spiro atoms. The van der Waals surface area contributed by atoms with E-state index < -0.39 is 0 Å². The van der Waals surface area contributed by atoms with E-state index >= 15 is 0 Å². The van der Waals surface area contributed by atoms with E-state index in [-0.39, 0.29) is 0 Å². The van der Waals surface area contributed by atoms with Gasteiger partial charge in [0.2, 0.25) is 0 Å². The van der Waals surface area contributed by atoms with E-state index in [2.05, 4.69) is 44.8 Å². The highest BCUT2D eigenvalue weighted by molar-refractivity contribution is 5.40. The quantitative estimate of drug-likeness (QED) is 0.807. The number of nitrogens with zero attached hydrogens (tertiary/aromatic N) is 4. The van der Waals surface area contributed by atoms with Crippen LogP contribution in [0.2, 0.25) is 0 Å². The van der Waals surface area contributed by atoms with Crippen molar-refractivity contribution < 1.29 is 4.74 Å². The van der Waals surface area contributed by atoms with Gasteiger partial charge in [-0.3, -0.25) is 9.30 Å². The lowest BCUT2D eigenvalue weighted by Gasteiger charge is -2.26. The van der Waals surface area contributed by atoms with Crippen molar-refractivity contribution in [1.82, 2.24) is 19.5 Å². The molecule has 5 nitrogen and oxygen atoms in total. The first-order valence-corrected chi connectivity index (χ1v) is 6.43. The minimum Gasteiger partial charge on any atom is -0.379 e. The van der Waals surface area contributed by atoms with Crippen LogP contribution in [0.4, 0.5) is 0 Å². The molecule has 0 saturated carbocycles. The molecule has 0 radical (unpaired) electrons. The summed E-state index contributed by atoms with van der Waals surface area (Å²) in [6.45, 7) is 6.84. The second kappa shape index (κ2) is 5.04. The van der Waals surface area contributed by atoms with Crippen LogP contribution in [0.15, 0.2) is 18.3 Å². The normalized spacial score (nSPS) is 17.4. The van der Waals surface area contributed by atoms with E-state index in [4.69, 9.17) is 4.74 Å². The second-order valence-corrected chi connectivity index (χ2v) is 4.75. The van der Waals surface area contributed by atoms with Crippen LogP contribution in [0.3, 0.4) is 0 Å². The Labute approximate surface area is 106 Å². The Hall–Kier alpha value is -1.46. The highest BCUT2D eigenvalue weighted by Crippen LogP contribution is 2.08. The molecule has 1 aliphatic rings. The zero-order valence-electron chi connectivity index (χ0n) is 10.7. The molecule has 18 heavy (non-hydrogen) atoms. The first-order chi connectivity index (χ1) is 8.83. The first-order valence-electron chi connectivity index (χ1n) is 6.43. The highest BCUT2D eigenvalue weighted by Gasteiger charge is 2.12. The van der Waals surface area contributed by atoms with Crippen molar-refractivity contribution in [3.8, 4) is 0 Å². The molecule has 1 fully saturated rings. The van der Waals surface area contributed by atoms with Gasteiger partial charge in [0.25, 0.3) is 0 Å². The Morgan fingerprint density at radius 3 is 2.94 bits per heavy atom. The average molecular weight is 246 g/mol. The average Bonchev–Trinajstić information content (AvgIpc) is 2.80. The van der Waals surface area contributed by atoms with Crippen molar-refractivity contribution in [2.75, 3.05) is 32.8 Å². The fourth-order valence-electron chi connectivity index (χ4n) is 2.30. The predicted molar refractivity (Wildman–Crippen MR) is 68.7 cm³/mol. The number of aromatic nitrogens is 3. The summed E-state index contributed by atoms with van der Waals surface area (Å²) in [6.07, 6.45) is 2.99. The lowest BCUT2D eigenvalue weighted by atomic mass is 10.3. The Balaban J connectivity index is 1.70. The van der Waals surface area contributed by atoms with Crippen LogP contribution in [0.25, 0.3) is 5.65 Å². The van der Waals surface area contributed by atoms with Crippen LogP contribution >= 0.6 is 0 Å². The Morgan fingerprint density at radius 2 is 2.11 bits per heavy atom. The largest absolute Gasteiger partial charge is 0.379 e. The standard InChI is InChI=1S/C13H18N4O/c1-11-2-5-17-12(14-15-13(17)10-11)3-4-16-6-8-18-9-7-16/h2,5,10H,3-4,6-9H2,1H3. The maximum absolute atomic E-state index is 5.35. The zero-order chi connectivity index (χ0) is 12.4. The third-order valence-corrected chi connectivity index (χ3v) is 3.39. The van der Waals surface area contributed by atoms with Gasteiger partial charge in [0.1, 0.15) is 5.82 Å². The van der Waals surface area contributed by atoms with Gasteiger partial charge < -0.3 is 4.74 Å². The van der Waals surface area contributed by atoms with Crippen molar-refractivity contribution in [3.05, 3.63) is 29.7 Å². The minimum atomic E-state index is 0.847. The van der Waals surface area contributed by atoms with Gasteiger partial charge >= 0.3 is 0 Å². The first kappa shape index (κ1) is 11.6. The SMILES string of the molecule is Cc1ccn2c(CCN3CCOCC3)nnc2c1. The van der Waals surface area contributed by atoms with Crippen LogP contribution in [-0.2, 0) is 11.2 Å². The zero-order valence-corrected chi connectivity index (χ0v) is 10.7. The molecule has 2 aromatic heterocycles. The molecular formula is C13H18N4O. The number of fused-ring (bicyclic) bond motifs is 1. The van der Waals surface area contributed by atoms with Crippen LogP contribution < -0.4 is 0 Å². The molecule has 0 atom stereocenters. The van der Waals surface area contributed by atoms with E-state index in [0.717, 1.165) is 50.7 Å².